The molecule has 0 aliphatic heterocycles. The first-order chi connectivity index (χ1) is 10.6. The van der Waals surface area contributed by atoms with Crippen LogP contribution in [0.3, 0.4) is 0 Å². The van der Waals surface area contributed by atoms with Gasteiger partial charge >= 0.3 is 12.1 Å². The van der Waals surface area contributed by atoms with Crippen LogP contribution in [-0.4, -0.2) is 17.2 Å². The first-order valence-corrected chi connectivity index (χ1v) is 6.62. The highest BCUT2D eigenvalue weighted by Gasteiger charge is 2.03. The Bertz CT molecular complexity index is 663. The number of benzene rings is 2. The lowest BCUT2D eigenvalue weighted by atomic mass is 10.2. The smallest absolute Gasteiger partial charge is 0.411 e. The van der Waals surface area contributed by atoms with E-state index in [9.17, 15) is 9.59 Å². The van der Waals surface area contributed by atoms with Gasteiger partial charge in [-0.3, -0.25) is 5.32 Å². The van der Waals surface area contributed by atoms with Crippen LogP contribution in [-0.2, 0) is 16.1 Å². The number of carboxylic acids is 1. The quantitative estimate of drug-likeness (QED) is 0.828. The fourth-order valence-electron chi connectivity index (χ4n) is 1.72. The molecule has 22 heavy (non-hydrogen) atoms. The van der Waals surface area contributed by atoms with Crippen molar-refractivity contribution >= 4 is 23.8 Å². The second-order valence-corrected chi connectivity index (χ2v) is 4.48. The zero-order chi connectivity index (χ0) is 15.8. The fraction of sp³-hybridized carbons (Fsp3) is 0.0588. The van der Waals surface area contributed by atoms with Crippen molar-refractivity contribution in [3.05, 3.63) is 71.8 Å². The molecule has 1 amide bonds. The van der Waals surface area contributed by atoms with Crippen LogP contribution in [0.1, 0.15) is 11.1 Å². The van der Waals surface area contributed by atoms with E-state index < -0.39 is 12.1 Å². The fourth-order valence-corrected chi connectivity index (χ4v) is 1.72. The summed E-state index contributed by atoms with van der Waals surface area (Å²) in [4.78, 5) is 22.1. The first-order valence-electron chi connectivity index (χ1n) is 6.62. The molecule has 112 valence electrons. The summed E-state index contributed by atoms with van der Waals surface area (Å²) in [6, 6.07) is 16.1. The molecule has 0 fully saturated rings. The van der Waals surface area contributed by atoms with E-state index in [0.717, 1.165) is 17.2 Å². The summed E-state index contributed by atoms with van der Waals surface area (Å²) in [5, 5.41) is 11.1. The predicted octanol–water partition coefficient (Wildman–Crippen LogP) is 3.53. The lowest BCUT2D eigenvalue weighted by Crippen LogP contribution is -2.13. The Morgan fingerprint density at radius 3 is 2.36 bits per heavy atom. The van der Waals surface area contributed by atoms with Crippen LogP contribution in [0.2, 0.25) is 0 Å². The zero-order valence-corrected chi connectivity index (χ0v) is 11.7. The highest BCUT2D eigenvalue weighted by atomic mass is 16.5. The van der Waals surface area contributed by atoms with Crippen LogP contribution < -0.4 is 5.32 Å². The van der Waals surface area contributed by atoms with Crippen molar-refractivity contribution < 1.29 is 19.4 Å². The average molecular weight is 297 g/mol. The molecule has 2 aromatic rings. The van der Waals surface area contributed by atoms with Gasteiger partial charge in [-0.25, -0.2) is 9.59 Å². The van der Waals surface area contributed by atoms with Crippen LogP contribution in [0.15, 0.2) is 60.7 Å². The maximum absolute atomic E-state index is 11.7. The van der Waals surface area contributed by atoms with Gasteiger partial charge in [-0.2, -0.15) is 0 Å². The van der Waals surface area contributed by atoms with Crippen molar-refractivity contribution in [3.8, 4) is 0 Å². The molecule has 2 rings (SSSR count). The SMILES string of the molecule is O=C(O)C=Cc1ccc(NC(=O)OCc2ccccc2)cc1. The largest absolute Gasteiger partial charge is 0.478 e. The monoisotopic (exact) mass is 297 g/mol. The molecule has 5 heteroatoms. The lowest BCUT2D eigenvalue weighted by molar-refractivity contribution is -0.131. The Hall–Kier alpha value is -3.08. The highest BCUT2D eigenvalue weighted by Crippen LogP contribution is 2.11. The zero-order valence-electron chi connectivity index (χ0n) is 11.7. The Morgan fingerprint density at radius 1 is 1.05 bits per heavy atom. The number of hydrogen-bond donors (Lipinski definition) is 2. The van der Waals surface area contributed by atoms with Gasteiger partial charge in [0.05, 0.1) is 0 Å². The van der Waals surface area contributed by atoms with Crippen molar-refractivity contribution in [1.29, 1.82) is 0 Å². The number of carbonyl (C=O) groups excluding carboxylic acids is 1. The minimum Gasteiger partial charge on any atom is -0.478 e. The van der Waals surface area contributed by atoms with Crippen molar-refractivity contribution in [2.24, 2.45) is 0 Å². The number of aliphatic carboxylic acids is 1. The molecule has 0 aliphatic rings. The summed E-state index contributed by atoms with van der Waals surface area (Å²) < 4.78 is 5.10. The van der Waals surface area contributed by atoms with Crippen LogP contribution in [0.4, 0.5) is 10.5 Å². The molecule has 0 aromatic heterocycles. The Labute approximate surface area is 127 Å². The molecule has 0 saturated heterocycles. The van der Waals surface area contributed by atoms with E-state index in [0.29, 0.717) is 5.69 Å². The van der Waals surface area contributed by atoms with E-state index in [-0.39, 0.29) is 6.61 Å². The number of rotatable bonds is 5. The third kappa shape index (κ3) is 5.13. The minimum absolute atomic E-state index is 0.201. The number of anilines is 1. The molecular weight excluding hydrogens is 282 g/mol. The summed E-state index contributed by atoms with van der Waals surface area (Å²) in [5.74, 6) is -1.01. The molecule has 0 aliphatic carbocycles. The molecule has 0 saturated carbocycles. The van der Waals surface area contributed by atoms with E-state index in [1.54, 1.807) is 24.3 Å². The lowest BCUT2D eigenvalue weighted by Gasteiger charge is -2.07. The molecule has 0 radical (unpaired) electrons. The molecule has 0 bridgehead atoms. The third-order valence-electron chi connectivity index (χ3n) is 2.79. The van der Waals surface area contributed by atoms with Gasteiger partial charge in [0.15, 0.2) is 0 Å². The number of nitrogens with one attached hydrogen (secondary N) is 1. The normalized spacial score (nSPS) is 10.4. The second kappa shape index (κ2) is 7.64. The van der Waals surface area contributed by atoms with E-state index >= 15 is 0 Å². The van der Waals surface area contributed by atoms with Crippen LogP contribution in [0, 0.1) is 0 Å². The number of amides is 1. The van der Waals surface area contributed by atoms with Gasteiger partial charge in [0.1, 0.15) is 6.61 Å². The molecule has 0 atom stereocenters. The van der Waals surface area contributed by atoms with Gasteiger partial charge in [0.2, 0.25) is 0 Å². The number of carboxylic acid groups (broad SMARTS) is 1. The Morgan fingerprint density at radius 2 is 1.73 bits per heavy atom. The number of ether oxygens (including phenoxy) is 1. The van der Waals surface area contributed by atoms with E-state index in [2.05, 4.69) is 5.32 Å². The third-order valence-corrected chi connectivity index (χ3v) is 2.79. The van der Waals surface area contributed by atoms with E-state index in [1.807, 2.05) is 30.3 Å². The van der Waals surface area contributed by atoms with Gasteiger partial charge < -0.3 is 9.84 Å². The van der Waals surface area contributed by atoms with Gasteiger partial charge in [0.25, 0.3) is 0 Å². The molecule has 0 heterocycles. The average Bonchev–Trinajstić information content (AvgIpc) is 2.53. The van der Waals surface area contributed by atoms with Gasteiger partial charge in [-0.05, 0) is 29.3 Å². The highest BCUT2D eigenvalue weighted by molar-refractivity contribution is 5.86. The van der Waals surface area contributed by atoms with E-state index in [1.165, 1.54) is 6.08 Å². The van der Waals surface area contributed by atoms with Crippen LogP contribution >= 0.6 is 0 Å². The first kappa shape index (κ1) is 15.3. The van der Waals surface area contributed by atoms with Crippen molar-refractivity contribution in [2.45, 2.75) is 6.61 Å². The topological polar surface area (TPSA) is 75.6 Å². The predicted molar refractivity (Wildman–Crippen MR) is 83.4 cm³/mol. The van der Waals surface area contributed by atoms with Crippen LogP contribution in [0.25, 0.3) is 6.08 Å². The van der Waals surface area contributed by atoms with Gasteiger partial charge in [-0.1, -0.05) is 42.5 Å². The summed E-state index contributed by atoms with van der Waals surface area (Å²) in [7, 11) is 0. The van der Waals surface area contributed by atoms with Gasteiger partial charge in [-0.15, -0.1) is 0 Å². The van der Waals surface area contributed by atoms with Crippen molar-refractivity contribution in [2.75, 3.05) is 5.32 Å². The number of carbonyl (C=O) groups is 2. The maximum atomic E-state index is 11.7. The molecule has 2 N–H and O–H groups in total. The molecular formula is C17H15NO4. The maximum Gasteiger partial charge on any atom is 0.411 e. The summed E-state index contributed by atoms with van der Waals surface area (Å²) >= 11 is 0. The Balaban J connectivity index is 1.85. The molecule has 2 aromatic carbocycles. The molecule has 0 spiro atoms. The minimum atomic E-state index is -1.01. The van der Waals surface area contributed by atoms with E-state index in [4.69, 9.17) is 9.84 Å². The molecule has 0 unspecified atom stereocenters. The van der Waals surface area contributed by atoms with Crippen molar-refractivity contribution in [1.82, 2.24) is 0 Å². The number of hydrogen-bond acceptors (Lipinski definition) is 3. The molecule has 5 nitrogen and oxygen atoms in total. The van der Waals surface area contributed by atoms with Gasteiger partial charge in [0, 0.05) is 11.8 Å². The summed E-state index contributed by atoms with van der Waals surface area (Å²) in [5.41, 5.74) is 2.21. The Kier molecular flexibility index (Phi) is 5.31. The summed E-state index contributed by atoms with van der Waals surface area (Å²) in [6.07, 6.45) is 1.98. The van der Waals surface area contributed by atoms with Crippen molar-refractivity contribution in [3.63, 3.8) is 0 Å². The second-order valence-electron chi connectivity index (χ2n) is 4.48. The van der Waals surface area contributed by atoms with Crippen LogP contribution in [0.5, 0.6) is 0 Å². The standard InChI is InChI=1S/C17H15NO4/c19-16(20)11-8-13-6-9-15(10-7-13)18-17(21)22-12-14-4-2-1-3-5-14/h1-11H,12H2,(H,18,21)(H,19,20). The summed E-state index contributed by atoms with van der Waals surface area (Å²) in [6.45, 7) is 0.201.